The Bertz CT molecular complexity index is 780. The molecule has 0 spiro atoms. The van der Waals surface area contributed by atoms with Crippen LogP contribution in [0.25, 0.3) is 6.08 Å². The predicted molar refractivity (Wildman–Crippen MR) is 86.6 cm³/mol. The summed E-state index contributed by atoms with van der Waals surface area (Å²) in [4.78, 5) is 12.5. The number of rotatable bonds is 2. The molecule has 0 fully saturated rings. The summed E-state index contributed by atoms with van der Waals surface area (Å²) in [7, 11) is 1.48. The van der Waals surface area contributed by atoms with Crippen LogP contribution in [0.15, 0.2) is 46.4 Å². The van der Waals surface area contributed by atoms with Crippen molar-refractivity contribution in [3.63, 3.8) is 0 Å². The van der Waals surface area contributed by atoms with Gasteiger partial charge in [0, 0.05) is 10.0 Å². The van der Waals surface area contributed by atoms with Crippen molar-refractivity contribution in [1.29, 1.82) is 0 Å². The number of phenolic OH excluding ortho intramolecular Hbond substituents is 1. The van der Waals surface area contributed by atoms with Gasteiger partial charge in [-0.1, -0.05) is 28.1 Å². The van der Waals surface area contributed by atoms with Crippen molar-refractivity contribution in [2.45, 2.75) is 0 Å². The van der Waals surface area contributed by atoms with Crippen LogP contribution in [-0.2, 0) is 0 Å². The number of Topliss-reactive ketones (excluding diaryl/α,β-unsaturated/α-hetero) is 1. The Morgan fingerprint density at radius 1 is 1.32 bits per heavy atom. The molecule has 4 nitrogen and oxygen atoms in total. The summed E-state index contributed by atoms with van der Waals surface area (Å²) in [5.74, 6) is 0.915. The Labute approximate surface area is 136 Å². The van der Waals surface area contributed by atoms with Crippen molar-refractivity contribution in [3.05, 3.63) is 57.6 Å². The Hall–Kier alpha value is -2.27. The first kappa shape index (κ1) is 14.7. The van der Waals surface area contributed by atoms with Crippen LogP contribution in [0.1, 0.15) is 15.9 Å². The molecule has 0 atom stereocenters. The monoisotopic (exact) mass is 360 g/mol. The maximum atomic E-state index is 12.5. The van der Waals surface area contributed by atoms with Crippen LogP contribution in [-0.4, -0.2) is 24.6 Å². The maximum Gasteiger partial charge on any atom is 0.196 e. The van der Waals surface area contributed by atoms with Crippen molar-refractivity contribution in [2.24, 2.45) is 0 Å². The van der Waals surface area contributed by atoms with Crippen molar-refractivity contribution >= 4 is 27.8 Å². The van der Waals surface area contributed by atoms with E-state index >= 15 is 0 Å². The molecule has 1 heterocycles. The second-order valence-corrected chi connectivity index (χ2v) is 5.68. The normalized spacial score (nSPS) is 15.4. The van der Waals surface area contributed by atoms with Crippen LogP contribution in [0, 0.1) is 0 Å². The number of carbonyl (C=O) groups is 1. The number of carbonyl (C=O) groups excluding carboxylic acids is 1. The first-order valence-electron chi connectivity index (χ1n) is 6.63. The topological polar surface area (TPSA) is 55.8 Å². The highest BCUT2D eigenvalue weighted by molar-refractivity contribution is 9.10. The Kier molecular flexibility index (Phi) is 3.90. The lowest BCUT2D eigenvalue weighted by atomic mass is 9.98. The number of phenols is 1. The fourth-order valence-electron chi connectivity index (χ4n) is 2.30. The van der Waals surface area contributed by atoms with Gasteiger partial charge < -0.3 is 14.6 Å². The summed E-state index contributed by atoms with van der Waals surface area (Å²) in [5, 5.41) is 9.88. The zero-order valence-corrected chi connectivity index (χ0v) is 13.4. The third-order valence-electron chi connectivity index (χ3n) is 3.43. The van der Waals surface area contributed by atoms with Gasteiger partial charge >= 0.3 is 0 Å². The highest BCUT2D eigenvalue weighted by Gasteiger charge is 2.23. The number of benzene rings is 2. The third-order valence-corrected chi connectivity index (χ3v) is 4.12. The summed E-state index contributed by atoms with van der Waals surface area (Å²) in [6, 6.07) is 10.4. The lowest BCUT2D eigenvalue weighted by Gasteiger charge is -2.18. The number of methoxy groups -OCH3 is 1. The van der Waals surface area contributed by atoms with E-state index < -0.39 is 0 Å². The van der Waals surface area contributed by atoms with Crippen LogP contribution in [0.3, 0.4) is 0 Å². The van der Waals surface area contributed by atoms with Gasteiger partial charge in [-0.05, 0) is 35.9 Å². The fourth-order valence-corrected chi connectivity index (χ4v) is 2.74. The Balaban J connectivity index is 2.00. The summed E-state index contributed by atoms with van der Waals surface area (Å²) in [6.45, 7) is 0.203. The fraction of sp³-hybridized carbons (Fsp3) is 0.118. The van der Waals surface area contributed by atoms with Crippen LogP contribution in [0.4, 0.5) is 0 Å². The summed E-state index contributed by atoms with van der Waals surface area (Å²) in [5.41, 5.74) is 1.77. The highest BCUT2D eigenvalue weighted by atomic mass is 79.9. The number of para-hydroxylation sites is 1. The van der Waals surface area contributed by atoms with Gasteiger partial charge in [0.1, 0.15) is 12.4 Å². The first-order chi connectivity index (χ1) is 10.6. The quantitative estimate of drug-likeness (QED) is 0.827. The van der Waals surface area contributed by atoms with Crippen molar-refractivity contribution in [3.8, 4) is 17.2 Å². The first-order valence-corrected chi connectivity index (χ1v) is 7.43. The minimum absolute atomic E-state index is 0.0159. The van der Waals surface area contributed by atoms with Crippen molar-refractivity contribution in [2.75, 3.05) is 13.7 Å². The lowest BCUT2D eigenvalue weighted by molar-refractivity contribution is 0.100. The third kappa shape index (κ3) is 2.60. The summed E-state index contributed by atoms with van der Waals surface area (Å²) < 4.78 is 11.4. The molecule has 2 aromatic carbocycles. The smallest absolute Gasteiger partial charge is 0.196 e. The average Bonchev–Trinajstić information content (AvgIpc) is 2.53. The molecule has 0 bridgehead atoms. The number of halogens is 1. The molecule has 112 valence electrons. The molecule has 5 heteroatoms. The van der Waals surface area contributed by atoms with E-state index in [1.165, 1.54) is 7.11 Å². The predicted octanol–water partition coefficient (Wildman–Crippen LogP) is 3.82. The largest absolute Gasteiger partial charge is 0.504 e. The molecule has 1 N–H and O–H groups in total. The standard InChI is InChI=1S/C17H13BrO4/c1-21-16-8-13(18)10(7-14(16)19)6-11-9-22-15-5-3-2-4-12(15)17(11)20/h2-8,19H,9H2,1H3. The van der Waals surface area contributed by atoms with E-state index in [2.05, 4.69) is 15.9 Å². The van der Waals surface area contributed by atoms with E-state index in [-0.39, 0.29) is 18.1 Å². The average molecular weight is 361 g/mol. The SMILES string of the molecule is COc1cc(Br)c(C=C2COc3ccccc3C2=O)cc1O. The van der Waals surface area contributed by atoms with Gasteiger partial charge in [-0.25, -0.2) is 0 Å². The highest BCUT2D eigenvalue weighted by Crippen LogP contribution is 2.34. The van der Waals surface area contributed by atoms with Crippen molar-refractivity contribution in [1.82, 2.24) is 0 Å². The molecule has 0 aromatic heterocycles. The maximum absolute atomic E-state index is 12.5. The van der Waals surface area contributed by atoms with E-state index in [1.54, 1.807) is 36.4 Å². The van der Waals surface area contributed by atoms with E-state index in [1.807, 2.05) is 6.07 Å². The van der Waals surface area contributed by atoms with Gasteiger partial charge in [0.05, 0.1) is 12.7 Å². The van der Waals surface area contributed by atoms with Crippen LogP contribution < -0.4 is 9.47 Å². The molecule has 0 radical (unpaired) electrons. The minimum Gasteiger partial charge on any atom is -0.504 e. The molecule has 0 aliphatic carbocycles. The number of fused-ring (bicyclic) bond motifs is 1. The minimum atomic E-state index is -0.0657. The molecular formula is C17H13BrO4. The van der Waals surface area contributed by atoms with Crippen LogP contribution in [0.5, 0.6) is 17.2 Å². The second kappa shape index (κ2) is 5.85. The molecular weight excluding hydrogens is 348 g/mol. The van der Waals surface area contributed by atoms with Crippen LogP contribution >= 0.6 is 15.9 Å². The molecule has 0 saturated heterocycles. The summed E-state index contributed by atoms with van der Waals surface area (Å²) in [6.07, 6.45) is 1.71. The van der Waals surface area contributed by atoms with E-state index in [0.29, 0.717) is 28.2 Å². The van der Waals surface area contributed by atoms with Gasteiger partial charge in [-0.15, -0.1) is 0 Å². The molecule has 22 heavy (non-hydrogen) atoms. The number of ketones is 1. The molecule has 0 saturated carbocycles. The zero-order valence-electron chi connectivity index (χ0n) is 11.8. The van der Waals surface area contributed by atoms with Crippen molar-refractivity contribution < 1.29 is 19.4 Å². The van der Waals surface area contributed by atoms with Crippen LogP contribution in [0.2, 0.25) is 0 Å². The number of ether oxygens (including phenoxy) is 2. The Morgan fingerprint density at radius 2 is 2.09 bits per heavy atom. The second-order valence-electron chi connectivity index (χ2n) is 4.83. The molecule has 0 unspecified atom stereocenters. The number of hydrogen-bond acceptors (Lipinski definition) is 4. The van der Waals surface area contributed by atoms with Gasteiger partial charge in [0.15, 0.2) is 17.3 Å². The Morgan fingerprint density at radius 3 is 2.86 bits per heavy atom. The summed E-state index contributed by atoms with van der Waals surface area (Å²) >= 11 is 3.41. The zero-order chi connectivity index (χ0) is 15.7. The molecule has 1 aliphatic rings. The number of aromatic hydroxyl groups is 1. The van der Waals surface area contributed by atoms with Gasteiger partial charge in [-0.3, -0.25) is 4.79 Å². The van der Waals surface area contributed by atoms with Gasteiger partial charge in [0.25, 0.3) is 0 Å². The van der Waals surface area contributed by atoms with E-state index in [4.69, 9.17) is 9.47 Å². The van der Waals surface area contributed by atoms with Gasteiger partial charge in [-0.2, -0.15) is 0 Å². The number of hydrogen-bond donors (Lipinski definition) is 1. The van der Waals surface area contributed by atoms with E-state index in [9.17, 15) is 9.90 Å². The molecule has 2 aromatic rings. The van der Waals surface area contributed by atoms with Gasteiger partial charge in [0.2, 0.25) is 0 Å². The molecule has 1 aliphatic heterocycles. The molecule has 0 amide bonds. The van der Waals surface area contributed by atoms with E-state index in [0.717, 1.165) is 4.47 Å². The lowest BCUT2D eigenvalue weighted by Crippen LogP contribution is -2.18. The molecule has 3 rings (SSSR count).